The average molecular weight is 410 g/mol. The van der Waals surface area contributed by atoms with Gasteiger partial charge in [0.2, 0.25) is 0 Å². The van der Waals surface area contributed by atoms with Crippen molar-refractivity contribution >= 4 is 34.6 Å². The van der Waals surface area contributed by atoms with Gasteiger partial charge in [0, 0.05) is 30.2 Å². The fourth-order valence-corrected chi connectivity index (χ4v) is 6.26. The number of rotatable bonds is 3. The van der Waals surface area contributed by atoms with Crippen molar-refractivity contribution in [2.45, 2.75) is 44.7 Å². The number of piperidine rings is 3. The van der Waals surface area contributed by atoms with Crippen LogP contribution >= 0.6 is 23.7 Å². The van der Waals surface area contributed by atoms with Crippen molar-refractivity contribution in [3.8, 4) is 0 Å². The molecule has 5 heterocycles. The molecule has 3 saturated heterocycles. The zero-order chi connectivity index (χ0) is 17.7. The Morgan fingerprint density at radius 3 is 3.11 bits per heavy atom. The van der Waals surface area contributed by atoms with Crippen molar-refractivity contribution in [3.63, 3.8) is 0 Å². The molecule has 0 saturated carbocycles. The van der Waals surface area contributed by atoms with Crippen molar-refractivity contribution in [2.75, 3.05) is 26.2 Å². The third kappa shape index (κ3) is 3.28. The number of aryl methyl sites for hydroxylation is 1. The Morgan fingerprint density at radius 1 is 1.37 bits per heavy atom. The molecule has 5 rings (SSSR count). The molecular formula is C19H28ClN5OS. The molecule has 4 atom stereocenters. The second kappa shape index (κ2) is 7.70. The van der Waals surface area contributed by atoms with Crippen LogP contribution in [0.4, 0.5) is 0 Å². The number of aromatic nitrogens is 2. The molecule has 0 aromatic carbocycles. The predicted molar refractivity (Wildman–Crippen MR) is 110 cm³/mol. The molecule has 2 N–H and O–H groups in total. The first kappa shape index (κ1) is 19.2. The van der Waals surface area contributed by atoms with E-state index in [1.165, 1.54) is 38.8 Å². The summed E-state index contributed by atoms with van der Waals surface area (Å²) in [6.45, 7) is 6.11. The highest BCUT2D eigenvalue weighted by atomic mass is 35.5. The molecule has 27 heavy (non-hydrogen) atoms. The highest BCUT2D eigenvalue weighted by molar-refractivity contribution is 7.15. The summed E-state index contributed by atoms with van der Waals surface area (Å²) in [5.41, 5.74) is 1.50. The molecule has 0 radical (unpaired) electrons. The molecule has 2 aromatic heterocycles. The topological polar surface area (TPSA) is 61.7 Å². The number of nitrogens with zero attached hydrogens (tertiary/aromatic N) is 3. The molecule has 6 nitrogen and oxygen atoms in total. The van der Waals surface area contributed by atoms with Crippen molar-refractivity contribution < 1.29 is 4.79 Å². The number of hydrogen-bond acceptors (Lipinski definition) is 5. The summed E-state index contributed by atoms with van der Waals surface area (Å²) in [6, 6.07) is 1.16. The van der Waals surface area contributed by atoms with Crippen molar-refractivity contribution in [3.05, 3.63) is 23.0 Å². The average Bonchev–Trinajstić information content (AvgIpc) is 3.21. The van der Waals surface area contributed by atoms with Gasteiger partial charge in [-0.15, -0.1) is 23.7 Å². The van der Waals surface area contributed by atoms with E-state index in [-0.39, 0.29) is 18.3 Å². The summed E-state index contributed by atoms with van der Waals surface area (Å²) in [6.07, 6.45) is 7.22. The Bertz CT molecular complexity index is 820. The van der Waals surface area contributed by atoms with Gasteiger partial charge in [-0.05, 0) is 57.7 Å². The minimum Gasteiger partial charge on any atom is -0.349 e. The van der Waals surface area contributed by atoms with Crippen LogP contribution in [0.1, 0.15) is 41.9 Å². The molecule has 3 aliphatic heterocycles. The molecule has 3 fully saturated rings. The lowest BCUT2D eigenvalue weighted by atomic mass is 9.73. The van der Waals surface area contributed by atoms with Gasteiger partial charge in [0.05, 0.1) is 5.69 Å². The third-order valence-corrected chi connectivity index (χ3v) is 7.40. The number of thiazole rings is 1. The van der Waals surface area contributed by atoms with Crippen molar-refractivity contribution in [2.24, 2.45) is 11.8 Å². The van der Waals surface area contributed by atoms with Crippen LogP contribution in [0.2, 0.25) is 0 Å². The summed E-state index contributed by atoms with van der Waals surface area (Å²) in [4.78, 5) is 21.0. The van der Waals surface area contributed by atoms with E-state index in [4.69, 9.17) is 0 Å². The van der Waals surface area contributed by atoms with E-state index < -0.39 is 0 Å². The Kier molecular flexibility index (Phi) is 5.47. The Hall–Kier alpha value is -1.15. The van der Waals surface area contributed by atoms with Gasteiger partial charge in [-0.25, -0.2) is 4.98 Å². The fourth-order valence-electron chi connectivity index (χ4n) is 5.50. The monoisotopic (exact) mass is 409 g/mol. The number of imidazole rings is 1. The standard InChI is InChI=1S/C19H27N5OS.ClH/c1-12-17(24-6-7-26-19(24)22-12)18(25)21-11-16-14-8-13(9-20-10-14)15-4-2-3-5-23(15)16;/h6-7,13-16,20H,2-5,8-11H2,1H3,(H,21,25);1H/t13-,14+,15+,16+;/m1./s1. The lowest BCUT2D eigenvalue weighted by molar-refractivity contribution is -0.0371. The first-order chi connectivity index (χ1) is 12.7. The second-order valence-corrected chi connectivity index (χ2v) is 8.97. The highest BCUT2D eigenvalue weighted by Gasteiger charge is 2.45. The number of hydrogen-bond donors (Lipinski definition) is 2. The number of carbonyl (C=O) groups excluding carboxylic acids is 1. The first-order valence-electron chi connectivity index (χ1n) is 9.89. The summed E-state index contributed by atoms with van der Waals surface area (Å²) in [5.74, 6) is 1.45. The van der Waals surface area contributed by atoms with E-state index in [1.807, 2.05) is 22.9 Å². The van der Waals surface area contributed by atoms with Crippen LogP contribution in [0.3, 0.4) is 0 Å². The lowest BCUT2D eigenvalue weighted by Crippen LogP contribution is -2.65. The Balaban J connectivity index is 0.00000180. The van der Waals surface area contributed by atoms with Crippen LogP contribution in [0.15, 0.2) is 11.6 Å². The molecule has 2 aromatic rings. The van der Waals surface area contributed by atoms with Gasteiger partial charge in [-0.2, -0.15) is 0 Å². The minimum absolute atomic E-state index is 0. The molecule has 8 heteroatoms. The summed E-state index contributed by atoms with van der Waals surface area (Å²) >= 11 is 1.57. The number of nitrogens with one attached hydrogen (secondary N) is 2. The van der Waals surface area contributed by atoms with Crippen LogP contribution in [0, 0.1) is 18.8 Å². The van der Waals surface area contributed by atoms with Crippen molar-refractivity contribution in [1.82, 2.24) is 24.9 Å². The number of carbonyl (C=O) groups is 1. The second-order valence-electron chi connectivity index (χ2n) is 8.09. The van der Waals surface area contributed by atoms with E-state index in [0.717, 1.165) is 29.7 Å². The van der Waals surface area contributed by atoms with Crippen LogP contribution in [0.25, 0.3) is 4.96 Å². The zero-order valence-electron chi connectivity index (χ0n) is 15.7. The lowest BCUT2D eigenvalue weighted by Gasteiger charge is -2.55. The van der Waals surface area contributed by atoms with Crippen LogP contribution in [0.5, 0.6) is 0 Å². The van der Waals surface area contributed by atoms with Gasteiger partial charge >= 0.3 is 0 Å². The van der Waals surface area contributed by atoms with E-state index in [9.17, 15) is 4.79 Å². The molecule has 0 aliphatic carbocycles. The SMILES string of the molecule is Cc1nc2sccn2c1C(=O)NC[C@H]1[C@@H]2CNC[C@@H](C2)[C@@H]2CCCCN21.Cl. The van der Waals surface area contributed by atoms with Crippen molar-refractivity contribution in [1.29, 1.82) is 0 Å². The molecule has 0 unspecified atom stereocenters. The quantitative estimate of drug-likeness (QED) is 0.816. The molecule has 0 spiro atoms. The molecule has 3 aliphatic rings. The van der Waals surface area contributed by atoms with Gasteiger partial charge < -0.3 is 10.6 Å². The summed E-state index contributed by atoms with van der Waals surface area (Å²) < 4.78 is 1.91. The zero-order valence-corrected chi connectivity index (χ0v) is 17.3. The Morgan fingerprint density at radius 2 is 2.22 bits per heavy atom. The van der Waals surface area contributed by atoms with E-state index in [0.29, 0.717) is 23.7 Å². The Labute approximate surface area is 170 Å². The molecule has 2 bridgehead atoms. The minimum atomic E-state index is 0. The number of halogens is 1. The van der Waals surface area contributed by atoms with Gasteiger partial charge in [-0.1, -0.05) is 6.42 Å². The maximum absolute atomic E-state index is 12.9. The fraction of sp³-hybridized carbons (Fsp3) is 0.684. The predicted octanol–water partition coefficient (Wildman–Crippen LogP) is 2.32. The van der Waals surface area contributed by atoms with Crippen LogP contribution in [-0.4, -0.2) is 58.5 Å². The van der Waals surface area contributed by atoms with Gasteiger partial charge in [0.25, 0.3) is 5.91 Å². The van der Waals surface area contributed by atoms with Gasteiger partial charge in [-0.3, -0.25) is 14.1 Å². The van der Waals surface area contributed by atoms with Gasteiger partial charge in [0.15, 0.2) is 4.96 Å². The summed E-state index contributed by atoms with van der Waals surface area (Å²) in [7, 11) is 0. The summed E-state index contributed by atoms with van der Waals surface area (Å²) in [5, 5.41) is 8.87. The van der Waals surface area contributed by atoms with Gasteiger partial charge in [0.1, 0.15) is 5.69 Å². The normalized spacial score (nSPS) is 30.6. The highest BCUT2D eigenvalue weighted by Crippen LogP contribution is 2.38. The first-order valence-corrected chi connectivity index (χ1v) is 10.8. The maximum Gasteiger partial charge on any atom is 0.270 e. The van der Waals surface area contributed by atoms with Crippen LogP contribution < -0.4 is 10.6 Å². The van der Waals surface area contributed by atoms with E-state index in [2.05, 4.69) is 20.5 Å². The largest absolute Gasteiger partial charge is 0.349 e. The molecular weight excluding hydrogens is 382 g/mol. The molecule has 1 amide bonds. The smallest absolute Gasteiger partial charge is 0.270 e. The molecule has 148 valence electrons. The van der Waals surface area contributed by atoms with E-state index >= 15 is 0 Å². The van der Waals surface area contributed by atoms with E-state index in [1.54, 1.807) is 11.3 Å². The van der Waals surface area contributed by atoms with Crippen LogP contribution in [-0.2, 0) is 0 Å². The number of amides is 1. The maximum atomic E-state index is 12.9. The number of fused-ring (bicyclic) bond motifs is 5. The third-order valence-electron chi connectivity index (χ3n) is 6.65.